The Morgan fingerprint density at radius 2 is 2.33 bits per heavy atom. The number of nitrogens with zero attached hydrogens (tertiary/aromatic N) is 2. The van der Waals surface area contributed by atoms with E-state index in [0.29, 0.717) is 25.3 Å². The molecule has 7 heteroatoms. The highest BCUT2D eigenvalue weighted by molar-refractivity contribution is 6.01. The van der Waals surface area contributed by atoms with Crippen LogP contribution in [-0.4, -0.2) is 34.9 Å². The van der Waals surface area contributed by atoms with E-state index < -0.39 is 6.04 Å². The summed E-state index contributed by atoms with van der Waals surface area (Å²) >= 11 is 0. The van der Waals surface area contributed by atoms with Crippen molar-refractivity contribution in [2.24, 2.45) is 0 Å². The zero-order valence-electron chi connectivity index (χ0n) is 9.97. The molecule has 1 aliphatic rings. The third-order valence-corrected chi connectivity index (χ3v) is 2.58. The molecule has 0 aliphatic carbocycles. The van der Waals surface area contributed by atoms with Crippen LogP contribution in [0, 0.1) is 0 Å². The van der Waals surface area contributed by atoms with Crippen molar-refractivity contribution in [3.8, 4) is 0 Å². The van der Waals surface area contributed by atoms with Crippen molar-refractivity contribution in [2.75, 3.05) is 12.4 Å². The van der Waals surface area contributed by atoms with Gasteiger partial charge in [0, 0.05) is 19.6 Å². The van der Waals surface area contributed by atoms with Gasteiger partial charge in [-0.25, -0.2) is 9.97 Å². The van der Waals surface area contributed by atoms with E-state index in [1.54, 1.807) is 13.2 Å². The highest BCUT2D eigenvalue weighted by Crippen LogP contribution is 2.12. The number of amides is 2. The summed E-state index contributed by atoms with van der Waals surface area (Å²) in [7, 11) is 1.58. The van der Waals surface area contributed by atoms with Gasteiger partial charge in [0.25, 0.3) is 0 Å². The molecule has 2 heterocycles. The number of aromatic nitrogens is 2. The van der Waals surface area contributed by atoms with E-state index in [0.717, 1.165) is 5.69 Å². The molecule has 7 nitrogen and oxygen atoms in total. The lowest BCUT2D eigenvalue weighted by molar-refractivity contribution is -0.133. The predicted octanol–water partition coefficient (Wildman–Crippen LogP) is -0.160. The van der Waals surface area contributed by atoms with Gasteiger partial charge in [-0.3, -0.25) is 14.9 Å². The maximum atomic E-state index is 11.6. The quantitative estimate of drug-likeness (QED) is 0.721. The molecular weight excluding hydrogens is 236 g/mol. The lowest BCUT2D eigenvalue weighted by Gasteiger charge is -2.22. The van der Waals surface area contributed by atoms with E-state index in [9.17, 15) is 9.59 Å². The maximum absolute atomic E-state index is 11.6. The molecule has 1 aromatic heterocycles. The Balaban J connectivity index is 2.02. The molecule has 0 spiro atoms. The fraction of sp³-hybridized carbons (Fsp3) is 0.455. The average Bonchev–Trinajstić information content (AvgIpc) is 2.34. The van der Waals surface area contributed by atoms with Gasteiger partial charge in [-0.2, -0.15) is 0 Å². The summed E-state index contributed by atoms with van der Waals surface area (Å²) in [5, 5.41) is 5.26. The number of ether oxygens (including phenoxy) is 1. The second kappa shape index (κ2) is 5.54. The van der Waals surface area contributed by atoms with Crippen LogP contribution in [0.25, 0.3) is 0 Å². The minimum Gasteiger partial charge on any atom is -0.378 e. The highest BCUT2D eigenvalue weighted by Gasteiger charge is 2.26. The molecule has 2 amide bonds. The molecule has 2 rings (SSSR count). The van der Waals surface area contributed by atoms with Gasteiger partial charge in [-0.15, -0.1) is 0 Å². The summed E-state index contributed by atoms with van der Waals surface area (Å²) in [4.78, 5) is 30.6. The number of hydrogen-bond acceptors (Lipinski definition) is 6. The molecule has 1 fully saturated rings. The molecule has 1 aromatic rings. The van der Waals surface area contributed by atoms with Crippen molar-refractivity contribution in [3.05, 3.63) is 18.1 Å². The van der Waals surface area contributed by atoms with Gasteiger partial charge in [0.15, 0.2) is 0 Å². The fourth-order valence-corrected chi connectivity index (χ4v) is 1.71. The van der Waals surface area contributed by atoms with E-state index >= 15 is 0 Å². The summed E-state index contributed by atoms with van der Waals surface area (Å²) in [5.41, 5.74) is 0.724. The third-order valence-electron chi connectivity index (χ3n) is 2.58. The first-order chi connectivity index (χ1) is 8.69. The fourth-order valence-electron chi connectivity index (χ4n) is 1.71. The predicted molar refractivity (Wildman–Crippen MR) is 62.5 cm³/mol. The Kier molecular flexibility index (Phi) is 3.83. The molecule has 18 heavy (non-hydrogen) atoms. The van der Waals surface area contributed by atoms with Gasteiger partial charge in [-0.05, 0) is 6.42 Å². The van der Waals surface area contributed by atoms with Crippen LogP contribution in [0.1, 0.15) is 18.5 Å². The summed E-state index contributed by atoms with van der Waals surface area (Å²) in [6, 6.07) is 1.28. The number of imide groups is 1. The van der Waals surface area contributed by atoms with Crippen LogP contribution in [0.2, 0.25) is 0 Å². The summed E-state index contributed by atoms with van der Waals surface area (Å²) < 4.78 is 4.97. The zero-order chi connectivity index (χ0) is 13.0. The molecule has 1 atom stereocenters. The number of piperidine rings is 1. The topological polar surface area (TPSA) is 93.2 Å². The van der Waals surface area contributed by atoms with Crippen LogP contribution < -0.4 is 10.6 Å². The Morgan fingerprint density at radius 1 is 1.50 bits per heavy atom. The number of anilines is 1. The van der Waals surface area contributed by atoms with Gasteiger partial charge in [-0.1, -0.05) is 0 Å². The van der Waals surface area contributed by atoms with E-state index in [1.165, 1.54) is 6.33 Å². The second-order valence-electron chi connectivity index (χ2n) is 3.98. The van der Waals surface area contributed by atoms with Crippen LogP contribution in [0.5, 0.6) is 0 Å². The number of hydrogen-bond donors (Lipinski definition) is 2. The Labute approximate surface area is 104 Å². The number of nitrogens with one attached hydrogen (secondary N) is 2. The van der Waals surface area contributed by atoms with Crippen molar-refractivity contribution in [3.63, 3.8) is 0 Å². The lowest BCUT2D eigenvalue weighted by Crippen LogP contribution is -2.47. The molecule has 0 radical (unpaired) electrons. The second-order valence-corrected chi connectivity index (χ2v) is 3.98. The van der Waals surface area contributed by atoms with Crippen LogP contribution in [0.4, 0.5) is 5.82 Å². The van der Waals surface area contributed by atoms with Gasteiger partial charge in [0.1, 0.15) is 18.2 Å². The molecule has 0 aromatic carbocycles. The van der Waals surface area contributed by atoms with E-state index in [4.69, 9.17) is 4.74 Å². The maximum Gasteiger partial charge on any atom is 0.249 e. The highest BCUT2D eigenvalue weighted by atomic mass is 16.5. The molecule has 1 unspecified atom stereocenters. The molecule has 96 valence electrons. The monoisotopic (exact) mass is 250 g/mol. The van der Waals surface area contributed by atoms with Crippen molar-refractivity contribution in [1.82, 2.24) is 15.3 Å². The normalized spacial score (nSPS) is 19.5. The summed E-state index contributed by atoms with van der Waals surface area (Å²) in [5.74, 6) is -0.00878. The zero-order valence-corrected chi connectivity index (χ0v) is 9.97. The van der Waals surface area contributed by atoms with Crippen molar-refractivity contribution in [1.29, 1.82) is 0 Å². The minimum absolute atomic E-state index is 0.235. The van der Waals surface area contributed by atoms with Gasteiger partial charge in [0.2, 0.25) is 11.8 Å². The first-order valence-electron chi connectivity index (χ1n) is 5.59. The van der Waals surface area contributed by atoms with Gasteiger partial charge < -0.3 is 10.1 Å². The first-order valence-corrected chi connectivity index (χ1v) is 5.59. The third kappa shape index (κ3) is 3.01. The molecule has 0 bridgehead atoms. The Bertz CT molecular complexity index is 463. The number of carbonyl (C=O) groups excluding carboxylic acids is 2. The first kappa shape index (κ1) is 12.4. The standard InChI is InChI=1S/C11H14N4O3/c1-18-5-7-4-9(13-6-12-7)14-8-2-3-10(16)15-11(8)17/h4,6,8H,2-3,5H2,1H3,(H,12,13,14)(H,15,16,17). The van der Waals surface area contributed by atoms with Crippen LogP contribution >= 0.6 is 0 Å². The van der Waals surface area contributed by atoms with Crippen molar-refractivity contribution in [2.45, 2.75) is 25.5 Å². The lowest BCUT2D eigenvalue weighted by atomic mass is 10.1. The van der Waals surface area contributed by atoms with Crippen LogP contribution in [0.3, 0.4) is 0 Å². The van der Waals surface area contributed by atoms with Gasteiger partial charge >= 0.3 is 0 Å². The van der Waals surface area contributed by atoms with Crippen molar-refractivity contribution < 1.29 is 14.3 Å². The summed E-state index contributed by atoms with van der Waals surface area (Å²) in [6.07, 6.45) is 2.20. The van der Waals surface area contributed by atoms with E-state index in [1.807, 2.05) is 0 Å². The largest absolute Gasteiger partial charge is 0.378 e. The van der Waals surface area contributed by atoms with Crippen molar-refractivity contribution >= 4 is 17.6 Å². The summed E-state index contributed by atoms with van der Waals surface area (Å²) in [6.45, 7) is 0.381. The molecule has 1 aliphatic heterocycles. The van der Waals surface area contributed by atoms with E-state index in [2.05, 4.69) is 20.6 Å². The number of rotatable bonds is 4. The van der Waals surface area contributed by atoms with E-state index in [-0.39, 0.29) is 11.8 Å². The van der Waals surface area contributed by atoms with Crippen LogP contribution in [0.15, 0.2) is 12.4 Å². The number of carbonyl (C=O) groups is 2. The number of methoxy groups -OCH3 is 1. The van der Waals surface area contributed by atoms with Gasteiger partial charge in [0.05, 0.1) is 12.3 Å². The Morgan fingerprint density at radius 3 is 3.06 bits per heavy atom. The molecule has 0 saturated carbocycles. The Hall–Kier alpha value is -2.02. The molecule has 2 N–H and O–H groups in total. The van der Waals surface area contributed by atoms with Crippen LogP contribution in [-0.2, 0) is 20.9 Å². The average molecular weight is 250 g/mol. The molecule has 1 saturated heterocycles. The smallest absolute Gasteiger partial charge is 0.249 e. The minimum atomic E-state index is -0.437. The SMILES string of the molecule is COCc1cc(NC2CCC(=O)NC2=O)ncn1. The molecular formula is C11H14N4O3.